The van der Waals surface area contributed by atoms with Crippen LogP contribution in [0.2, 0.25) is 10.0 Å². The first-order valence-electron chi connectivity index (χ1n) is 5.41. The predicted octanol–water partition coefficient (Wildman–Crippen LogP) is 3.29. The van der Waals surface area contributed by atoms with Crippen LogP contribution in [0.15, 0.2) is 18.2 Å². The Labute approximate surface area is 111 Å². The van der Waals surface area contributed by atoms with Crippen LogP contribution in [0.1, 0.15) is 18.9 Å². The fourth-order valence-electron chi connectivity index (χ4n) is 1.63. The second-order valence-corrected chi connectivity index (χ2v) is 4.60. The van der Waals surface area contributed by atoms with Crippen LogP contribution in [0.3, 0.4) is 0 Å². The highest BCUT2D eigenvalue weighted by molar-refractivity contribution is 6.42. The maximum atomic E-state index is 10.7. The van der Waals surface area contributed by atoms with Crippen LogP contribution in [0.5, 0.6) is 0 Å². The van der Waals surface area contributed by atoms with Crippen LogP contribution in [0, 0.1) is 0 Å². The Morgan fingerprint density at radius 3 is 2.71 bits per heavy atom. The topological polar surface area (TPSA) is 40.5 Å². The van der Waals surface area contributed by atoms with Gasteiger partial charge in [-0.3, -0.25) is 9.69 Å². The average molecular weight is 276 g/mol. The van der Waals surface area contributed by atoms with Gasteiger partial charge in [-0.25, -0.2) is 0 Å². The molecule has 0 spiro atoms. The van der Waals surface area contributed by atoms with Crippen molar-refractivity contribution in [1.82, 2.24) is 4.90 Å². The molecular formula is C12H15Cl2NO2. The number of aliphatic carboxylic acids is 1. The Morgan fingerprint density at radius 1 is 1.41 bits per heavy atom. The number of hydrogen-bond acceptors (Lipinski definition) is 2. The number of nitrogens with zero attached hydrogens (tertiary/aromatic N) is 1. The van der Waals surface area contributed by atoms with Gasteiger partial charge in [-0.2, -0.15) is 0 Å². The Balaban J connectivity index is 2.78. The quantitative estimate of drug-likeness (QED) is 0.866. The number of rotatable bonds is 6. The minimum atomic E-state index is -0.836. The third-order valence-electron chi connectivity index (χ3n) is 2.32. The Hall–Kier alpha value is -0.770. The van der Waals surface area contributed by atoms with Crippen molar-refractivity contribution in [2.45, 2.75) is 19.9 Å². The molecule has 0 fully saturated rings. The van der Waals surface area contributed by atoms with E-state index in [4.69, 9.17) is 28.3 Å². The second-order valence-electron chi connectivity index (χ2n) is 3.82. The highest BCUT2D eigenvalue weighted by Gasteiger charge is 2.12. The summed E-state index contributed by atoms with van der Waals surface area (Å²) in [6.45, 7) is 3.24. The van der Waals surface area contributed by atoms with Crippen LogP contribution in [0.25, 0.3) is 0 Å². The first-order valence-corrected chi connectivity index (χ1v) is 6.17. The molecule has 17 heavy (non-hydrogen) atoms. The van der Waals surface area contributed by atoms with E-state index in [0.29, 0.717) is 16.6 Å². The molecule has 0 radical (unpaired) electrons. The van der Waals surface area contributed by atoms with Gasteiger partial charge in [0, 0.05) is 6.54 Å². The molecule has 3 nitrogen and oxygen atoms in total. The Bertz CT molecular complexity index is 396. The molecule has 0 saturated heterocycles. The van der Waals surface area contributed by atoms with Crippen molar-refractivity contribution in [3.05, 3.63) is 33.8 Å². The van der Waals surface area contributed by atoms with E-state index in [1.807, 2.05) is 24.0 Å². The van der Waals surface area contributed by atoms with E-state index in [1.54, 1.807) is 6.07 Å². The van der Waals surface area contributed by atoms with E-state index >= 15 is 0 Å². The lowest BCUT2D eigenvalue weighted by Crippen LogP contribution is -2.30. The zero-order valence-corrected chi connectivity index (χ0v) is 11.1. The van der Waals surface area contributed by atoms with E-state index in [0.717, 1.165) is 18.5 Å². The van der Waals surface area contributed by atoms with Crippen LogP contribution in [0.4, 0.5) is 0 Å². The zero-order chi connectivity index (χ0) is 12.8. The molecule has 1 N–H and O–H groups in total. The Kier molecular flexibility index (Phi) is 5.75. The molecular weight excluding hydrogens is 261 g/mol. The monoisotopic (exact) mass is 275 g/mol. The van der Waals surface area contributed by atoms with Crippen molar-refractivity contribution in [2.24, 2.45) is 0 Å². The summed E-state index contributed by atoms with van der Waals surface area (Å²) in [6, 6.07) is 5.39. The molecule has 0 atom stereocenters. The standard InChI is InChI=1S/C12H15Cl2NO2/c1-2-6-15(8-11(16)17)7-9-4-3-5-10(13)12(9)14/h3-5H,2,6-8H2,1H3,(H,16,17). The van der Waals surface area contributed by atoms with Gasteiger partial charge >= 0.3 is 5.97 Å². The first kappa shape index (κ1) is 14.3. The summed E-state index contributed by atoms with van der Waals surface area (Å²) in [5, 5.41) is 9.81. The highest BCUT2D eigenvalue weighted by atomic mass is 35.5. The van der Waals surface area contributed by atoms with Gasteiger partial charge in [0.15, 0.2) is 0 Å². The van der Waals surface area contributed by atoms with Crippen molar-refractivity contribution in [3.63, 3.8) is 0 Å². The summed E-state index contributed by atoms with van der Waals surface area (Å²) in [7, 11) is 0. The fourth-order valence-corrected chi connectivity index (χ4v) is 2.01. The van der Waals surface area contributed by atoms with E-state index < -0.39 is 5.97 Å². The summed E-state index contributed by atoms with van der Waals surface area (Å²) in [4.78, 5) is 12.6. The Morgan fingerprint density at radius 2 is 2.12 bits per heavy atom. The van der Waals surface area contributed by atoms with Gasteiger partial charge in [-0.15, -0.1) is 0 Å². The van der Waals surface area contributed by atoms with Gasteiger partial charge in [-0.1, -0.05) is 42.3 Å². The SMILES string of the molecule is CCCN(CC(=O)O)Cc1cccc(Cl)c1Cl. The van der Waals surface area contributed by atoms with E-state index in [9.17, 15) is 4.79 Å². The van der Waals surface area contributed by atoms with Gasteiger partial charge in [0.2, 0.25) is 0 Å². The summed E-state index contributed by atoms with van der Waals surface area (Å²) in [6.07, 6.45) is 0.894. The maximum Gasteiger partial charge on any atom is 0.317 e. The van der Waals surface area contributed by atoms with Crippen LogP contribution in [-0.2, 0) is 11.3 Å². The molecule has 1 aromatic carbocycles. The van der Waals surface area contributed by atoms with Crippen molar-refractivity contribution >= 4 is 29.2 Å². The molecule has 0 unspecified atom stereocenters. The van der Waals surface area contributed by atoms with Gasteiger partial charge < -0.3 is 5.11 Å². The zero-order valence-electron chi connectivity index (χ0n) is 9.62. The van der Waals surface area contributed by atoms with E-state index in [2.05, 4.69) is 0 Å². The summed E-state index contributed by atoms with van der Waals surface area (Å²) < 4.78 is 0. The smallest absolute Gasteiger partial charge is 0.317 e. The number of halogens is 2. The molecule has 1 aromatic rings. The third kappa shape index (κ3) is 4.54. The highest BCUT2D eigenvalue weighted by Crippen LogP contribution is 2.26. The van der Waals surface area contributed by atoms with E-state index in [-0.39, 0.29) is 6.54 Å². The minimum absolute atomic E-state index is 0.0106. The second kappa shape index (κ2) is 6.84. The molecule has 5 heteroatoms. The number of carboxylic acid groups (broad SMARTS) is 1. The molecule has 0 heterocycles. The van der Waals surface area contributed by atoms with Gasteiger partial charge in [0.1, 0.15) is 0 Å². The fraction of sp³-hybridized carbons (Fsp3) is 0.417. The molecule has 0 amide bonds. The number of carboxylic acids is 1. The minimum Gasteiger partial charge on any atom is -0.480 e. The van der Waals surface area contributed by atoms with Gasteiger partial charge in [0.05, 0.1) is 16.6 Å². The molecule has 0 aliphatic rings. The predicted molar refractivity (Wildman–Crippen MR) is 69.7 cm³/mol. The molecule has 94 valence electrons. The molecule has 0 aliphatic carbocycles. The van der Waals surface area contributed by atoms with Crippen molar-refractivity contribution in [1.29, 1.82) is 0 Å². The molecule has 0 bridgehead atoms. The average Bonchev–Trinajstić information content (AvgIpc) is 2.24. The molecule has 0 aliphatic heterocycles. The van der Waals surface area contributed by atoms with Crippen molar-refractivity contribution < 1.29 is 9.90 Å². The van der Waals surface area contributed by atoms with E-state index in [1.165, 1.54) is 0 Å². The lowest BCUT2D eigenvalue weighted by molar-refractivity contribution is -0.138. The maximum absolute atomic E-state index is 10.7. The molecule has 1 rings (SSSR count). The number of hydrogen-bond donors (Lipinski definition) is 1. The normalized spacial score (nSPS) is 10.8. The van der Waals surface area contributed by atoms with Crippen molar-refractivity contribution in [3.8, 4) is 0 Å². The summed E-state index contributed by atoms with van der Waals surface area (Å²) >= 11 is 12.0. The van der Waals surface area contributed by atoms with Gasteiger partial charge in [0.25, 0.3) is 0 Å². The summed E-state index contributed by atoms with van der Waals surface area (Å²) in [5.74, 6) is -0.836. The van der Waals surface area contributed by atoms with Crippen molar-refractivity contribution in [2.75, 3.05) is 13.1 Å². The first-order chi connectivity index (χ1) is 8.04. The largest absolute Gasteiger partial charge is 0.480 e. The molecule has 0 saturated carbocycles. The van der Waals surface area contributed by atoms with Crippen LogP contribution >= 0.6 is 23.2 Å². The van der Waals surface area contributed by atoms with Crippen LogP contribution in [-0.4, -0.2) is 29.1 Å². The lowest BCUT2D eigenvalue weighted by Gasteiger charge is -2.20. The van der Waals surface area contributed by atoms with Crippen LogP contribution < -0.4 is 0 Å². The number of benzene rings is 1. The third-order valence-corrected chi connectivity index (χ3v) is 3.18. The molecule has 0 aromatic heterocycles. The number of carbonyl (C=O) groups is 1. The van der Waals surface area contributed by atoms with Gasteiger partial charge in [-0.05, 0) is 24.6 Å². The lowest BCUT2D eigenvalue weighted by atomic mass is 10.2. The summed E-state index contributed by atoms with van der Waals surface area (Å²) in [5.41, 5.74) is 0.855.